The zero-order valence-electron chi connectivity index (χ0n) is 16.9. The van der Waals surface area contributed by atoms with Gasteiger partial charge in [0.25, 0.3) is 0 Å². The molecule has 0 bridgehead atoms. The van der Waals surface area contributed by atoms with Crippen LogP contribution in [0, 0.1) is 0 Å². The van der Waals surface area contributed by atoms with Gasteiger partial charge in [-0.2, -0.15) is 0 Å². The first kappa shape index (κ1) is 22.3. The van der Waals surface area contributed by atoms with Crippen molar-refractivity contribution in [2.45, 2.75) is 45.8 Å². The molecule has 0 unspecified atom stereocenters. The summed E-state index contributed by atoms with van der Waals surface area (Å²) in [6.45, 7) is 3.21. The third-order valence-electron chi connectivity index (χ3n) is 4.97. The molecule has 0 aliphatic carbocycles. The zero-order valence-corrected chi connectivity index (χ0v) is 18.4. The minimum atomic E-state index is -0.906. The van der Waals surface area contributed by atoms with Gasteiger partial charge in [0, 0.05) is 33.9 Å². The van der Waals surface area contributed by atoms with Crippen LogP contribution in [0.5, 0.6) is 5.75 Å². The number of rotatable bonds is 10. The second-order valence-corrected chi connectivity index (χ2v) is 8.07. The summed E-state index contributed by atoms with van der Waals surface area (Å²) in [5.41, 5.74) is 3.01. The minimum absolute atomic E-state index is 0.319. The largest absolute Gasteiger partial charge is 0.489 e. The van der Waals surface area contributed by atoms with Gasteiger partial charge in [0.05, 0.1) is 0 Å². The fraction of sp³-hybridized carbons (Fsp3) is 0.292. The standard InChI is InChI=1S/C24H25Cl2NO3/c1-2-3-4-5-12-27-15-19(13-23(27)24(28)29)17-7-10-21(11-8-17)30-16-18-6-9-20(25)14-22(18)26/h6-11,13-15H,2-5,12,16H2,1H3,(H,28,29). The second-order valence-electron chi connectivity index (χ2n) is 7.22. The van der Waals surface area contributed by atoms with E-state index in [2.05, 4.69) is 6.92 Å². The Hall–Kier alpha value is -2.43. The number of nitrogens with zero attached hydrogens (tertiary/aromatic N) is 1. The van der Waals surface area contributed by atoms with Crippen LogP contribution < -0.4 is 4.74 Å². The van der Waals surface area contributed by atoms with Crippen LogP contribution in [0.15, 0.2) is 54.7 Å². The maximum atomic E-state index is 11.6. The van der Waals surface area contributed by atoms with E-state index in [1.54, 1.807) is 18.2 Å². The topological polar surface area (TPSA) is 51.5 Å². The van der Waals surface area contributed by atoms with Crippen molar-refractivity contribution in [3.63, 3.8) is 0 Å². The fourth-order valence-electron chi connectivity index (χ4n) is 3.28. The number of benzene rings is 2. The van der Waals surface area contributed by atoms with Gasteiger partial charge in [-0.05, 0) is 42.3 Å². The lowest BCUT2D eigenvalue weighted by Crippen LogP contribution is -2.07. The van der Waals surface area contributed by atoms with Gasteiger partial charge < -0.3 is 14.4 Å². The maximum absolute atomic E-state index is 11.6. The molecule has 0 atom stereocenters. The van der Waals surface area contributed by atoms with E-state index in [1.807, 2.05) is 41.1 Å². The molecule has 0 saturated heterocycles. The number of unbranched alkanes of at least 4 members (excludes halogenated alkanes) is 3. The third kappa shape index (κ3) is 5.80. The van der Waals surface area contributed by atoms with Crippen LogP contribution in [-0.4, -0.2) is 15.6 Å². The van der Waals surface area contributed by atoms with Crippen LogP contribution in [0.2, 0.25) is 10.0 Å². The number of ether oxygens (including phenoxy) is 1. The highest BCUT2D eigenvalue weighted by atomic mass is 35.5. The first-order chi connectivity index (χ1) is 14.5. The Morgan fingerprint density at radius 1 is 1.00 bits per heavy atom. The molecule has 0 spiro atoms. The number of halogens is 2. The lowest BCUT2D eigenvalue weighted by atomic mass is 10.1. The van der Waals surface area contributed by atoms with Gasteiger partial charge in [0.2, 0.25) is 0 Å². The monoisotopic (exact) mass is 445 g/mol. The lowest BCUT2D eigenvalue weighted by molar-refractivity contribution is 0.0685. The number of hydrogen-bond donors (Lipinski definition) is 1. The van der Waals surface area contributed by atoms with Crippen LogP contribution in [0.1, 0.15) is 48.7 Å². The first-order valence-electron chi connectivity index (χ1n) is 10.1. The van der Waals surface area contributed by atoms with Gasteiger partial charge in [-0.3, -0.25) is 0 Å². The summed E-state index contributed by atoms with van der Waals surface area (Å²) in [6.07, 6.45) is 6.31. The molecule has 2 aromatic carbocycles. The summed E-state index contributed by atoms with van der Waals surface area (Å²) in [7, 11) is 0. The number of carbonyl (C=O) groups is 1. The Balaban J connectivity index is 1.68. The molecule has 1 N–H and O–H groups in total. The molecule has 1 heterocycles. The molecule has 3 aromatic rings. The van der Waals surface area contributed by atoms with Crippen molar-refractivity contribution in [3.8, 4) is 16.9 Å². The van der Waals surface area contributed by atoms with Gasteiger partial charge in [-0.25, -0.2) is 4.79 Å². The summed E-state index contributed by atoms with van der Waals surface area (Å²) >= 11 is 12.1. The quantitative estimate of drug-likeness (QED) is 0.332. The van der Waals surface area contributed by atoms with Crippen molar-refractivity contribution in [2.75, 3.05) is 0 Å². The van der Waals surface area contributed by atoms with Gasteiger partial charge >= 0.3 is 5.97 Å². The molecule has 0 saturated carbocycles. The summed E-state index contributed by atoms with van der Waals surface area (Å²) in [5.74, 6) is -0.196. The van der Waals surface area contributed by atoms with Crippen molar-refractivity contribution in [3.05, 3.63) is 76.0 Å². The van der Waals surface area contributed by atoms with Crippen molar-refractivity contribution in [1.29, 1.82) is 0 Å². The highest BCUT2D eigenvalue weighted by Gasteiger charge is 2.13. The van der Waals surface area contributed by atoms with E-state index in [1.165, 1.54) is 6.42 Å². The van der Waals surface area contributed by atoms with E-state index in [4.69, 9.17) is 27.9 Å². The minimum Gasteiger partial charge on any atom is -0.489 e. The SMILES string of the molecule is CCCCCCn1cc(-c2ccc(OCc3ccc(Cl)cc3Cl)cc2)cc1C(=O)O. The molecule has 0 radical (unpaired) electrons. The van der Waals surface area contributed by atoms with Crippen molar-refractivity contribution in [2.24, 2.45) is 0 Å². The van der Waals surface area contributed by atoms with Gasteiger partial charge in [-0.1, -0.05) is 67.6 Å². The second kappa shape index (κ2) is 10.6. The zero-order chi connectivity index (χ0) is 21.5. The number of hydrogen-bond acceptors (Lipinski definition) is 2. The fourth-order valence-corrected chi connectivity index (χ4v) is 3.75. The molecular formula is C24H25Cl2NO3. The number of aryl methyl sites for hydroxylation is 1. The Kier molecular flexibility index (Phi) is 7.83. The Bertz CT molecular complexity index is 996. The van der Waals surface area contributed by atoms with Crippen molar-refractivity contribution < 1.29 is 14.6 Å². The molecule has 4 nitrogen and oxygen atoms in total. The average Bonchev–Trinajstić information content (AvgIpc) is 3.15. The number of carboxylic acids is 1. The third-order valence-corrected chi connectivity index (χ3v) is 5.55. The Morgan fingerprint density at radius 3 is 2.43 bits per heavy atom. The summed E-state index contributed by atoms with van der Waals surface area (Å²) in [6, 6.07) is 14.7. The molecule has 1 aromatic heterocycles. The average molecular weight is 446 g/mol. The van der Waals surface area contributed by atoms with E-state index >= 15 is 0 Å². The summed E-state index contributed by atoms with van der Waals surface area (Å²) < 4.78 is 7.65. The molecule has 0 amide bonds. The first-order valence-corrected chi connectivity index (χ1v) is 10.8. The van der Waals surface area contributed by atoms with E-state index in [-0.39, 0.29) is 0 Å². The van der Waals surface area contributed by atoms with Gasteiger partial charge in [0.15, 0.2) is 0 Å². The Labute approximate surface area is 187 Å². The molecule has 3 rings (SSSR count). The van der Waals surface area contributed by atoms with Crippen LogP contribution in [0.3, 0.4) is 0 Å². The Morgan fingerprint density at radius 2 is 1.77 bits per heavy atom. The number of aromatic carboxylic acids is 1. The highest BCUT2D eigenvalue weighted by Crippen LogP contribution is 2.27. The van der Waals surface area contributed by atoms with E-state index in [0.717, 1.165) is 36.0 Å². The predicted octanol–water partition coefficient (Wildman–Crippen LogP) is 7.32. The molecular weight excluding hydrogens is 421 g/mol. The van der Waals surface area contributed by atoms with Crippen LogP contribution in [0.4, 0.5) is 0 Å². The summed E-state index contributed by atoms with van der Waals surface area (Å²) in [5, 5.41) is 10.7. The van der Waals surface area contributed by atoms with Crippen molar-refractivity contribution in [1.82, 2.24) is 4.57 Å². The highest BCUT2D eigenvalue weighted by molar-refractivity contribution is 6.35. The molecule has 0 aliphatic heterocycles. The maximum Gasteiger partial charge on any atom is 0.352 e. The normalized spacial score (nSPS) is 10.9. The van der Waals surface area contributed by atoms with Crippen LogP contribution in [-0.2, 0) is 13.2 Å². The lowest BCUT2D eigenvalue weighted by Gasteiger charge is -2.09. The smallest absolute Gasteiger partial charge is 0.352 e. The summed E-state index contributed by atoms with van der Waals surface area (Å²) in [4.78, 5) is 11.6. The number of aromatic nitrogens is 1. The predicted molar refractivity (Wildman–Crippen MR) is 122 cm³/mol. The molecule has 6 heteroatoms. The number of carboxylic acid groups (broad SMARTS) is 1. The van der Waals surface area contributed by atoms with E-state index < -0.39 is 5.97 Å². The molecule has 30 heavy (non-hydrogen) atoms. The van der Waals surface area contributed by atoms with Gasteiger partial charge in [-0.15, -0.1) is 0 Å². The van der Waals surface area contributed by atoms with Gasteiger partial charge in [0.1, 0.15) is 18.1 Å². The van der Waals surface area contributed by atoms with Crippen LogP contribution in [0.25, 0.3) is 11.1 Å². The van der Waals surface area contributed by atoms with Crippen molar-refractivity contribution >= 4 is 29.2 Å². The van der Waals surface area contributed by atoms with E-state index in [0.29, 0.717) is 34.6 Å². The van der Waals surface area contributed by atoms with Crippen LogP contribution >= 0.6 is 23.2 Å². The van der Waals surface area contributed by atoms with E-state index in [9.17, 15) is 9.90 Å². The molecule has 0 aliphatic rings. The molecule has 0 fully saturated rings. The molecule has 158 valence electrons.